The van der Waals surface area contributed by atoms with Gasteiger partial charge in [0.25, 0.3) is 11.4 Å². The van der Waals surface area contributed by atoms with Gasteiger partial charge in [-0.05, 0) is 158 Å². The third-order valence-electron chi connectivity index (χ3n) is 16.1. The molecule has 86 heavy (non-hydrogen) atoms. The van der Waals surface area contributed by atoms with Crippen LogP contribution in [-0.4, -0.2) is 4.98 Å². The number of rotatable bonds is 36. The van der Waals surface area contributed by atoms with E-state index in [0.717, 1.165) is 58.8 Å². The molecular weight excluding hydrogens is 1200 g/mol. The Bertz CT molecular complexity index is 3550. The number of aryl methyl sites for hydroxylation is 4. The molecule has 0 saturated carbocycles. The second kappa shape index (κ2) is 33.9. The average Bonchev–Trinajstić information content (AvgIpc) is 2.58. The predicted molar refractivity (Wildman–Crippen MR) is 384 cm³/mol. The molecule has 5 nitrogen and oxygen atoms in total. The van der Waals surface area contributed by atoms with Crippen LogP contribution in [0, 0.1) is 35.8 Å². The normalized spacial score (nSPS) is 12.0. The highest BCUT2D eigenvalue weighted by molar-refractivity contribution is 7.31. The molecule has 13 heteroatoms. The Hall–Kier alpha value is -5.29. The molecule has 0 atom stereocenters. The van der Waals surface area contributed by atoms with E-state index in [-0.39, 0.29) is 11.4 Å². The van der Waals surface area contributed by atoms with Crippen molar-refractivity contribution >= 4 is 123 Å². The molecule has 0 N–H and O–H groups in total. The smallest absolute Gasteiger partial charge is 0.235 e. The number of nitrogens with zero attached hydrogens (tertiary/aromatic N) is 5. The quantitative estimate of drug-likeness (QED) is 0.0223. The third kappa shape index (κ3) is 17.5. The van der Waals surface area contributed by atoms with Crippen LogP contribution in [0.2, 0.25) is 0 Å². The van der Waals surface area contributed by atoms with Gasteiger partial charge in [0.05, 0.1) is 40.4 Å². The number of hydrogen-bond donors (Lipinski definition) is 0. The highest BCUT2D eigenvalue weighted by Gasteiger charge is 2.22. The summed E-state index contributed by atoms with van der Waals surface area (Å²) >= 11 is 14.8. The Morgan fingerprint density at radius 1 is 0.395 bits per heavy atom. The van der Waals surface area contributed by atoms with Gasteiger partial charge in [-0.1, -0.05) is 156 Å². The molecule has 0 bridgehead atoms. The molecule has 9 aromatic rings. The van der Waals surface area contributed by atoms with E-state index in [1.54, 1.807) is 34.8 Å². The number of aromatic nitrogens is 1. The van der Waals surface area contributed by atoms with Gasteiger partial charge in [0.1, 0.15) is 5.01 Å². The van der Waals surface area contributed by atoms with E-state index in [2.05, 4.69) is 116 Å². The fourth-order valence-corrected chi connectivity index (χ4v) is 20.9. The van der Waals surface area contributed by atoms with Crippen LogP contribution in [0.1, 0.15) is 214 Å². The first kappa shape index (κ1) is 65.2. The summed E-state index contributed by atoms with van der Waals surface area (Å²) in [6, 6.07) is 30.0. The van der Waals surface area contributed by atoms with Crippen molar-refractivity contribution in [2.24, 2.45) is 0 Å². The van der Waals surface area contributed by atoms with Crippen LogP contribution in [0.4, 0.5) is 0 Å². The predicted octanol–water partition coefficient (Wildman–Crippen LogP) is 27.1. The summed E-state index contributed by atoms with van der Waals surface area (Å²) in [6.07, 6.45) is 37.8. The average molecular weight is 1290 g/mol. The van der Waals surface area contributed by atoms with Crippen molar-refractivity contribution in [1.29, 1.82) is 10.5 Å². The van der Waals surface area contributed by atoms with Crippen molar-refractivity contribution in [3.63, 3.8) is 0 Å². The van der Waals surface area contributed by atoms with E-state index < -0.39 is 0 Å². The summed E-state index contributed by atoms with van der Waals surface area (Å²) in [7, 11) is 0. The molecule has 0 unspecified atom stereocenters. The number of fused-ring (bicyclic) bond motifs is 2. The van der Waals surface area contributed by atoms with Gasteiger partial charge >= 0.3 is 0 Å². The fraction of sp³-hybridized carbons (Fsp3) is 0.438. The van der Waals surface area contributed by atoms with E-state index in [4.69, 9.17) is 18.1 Å². The molecule has 446 valence electrons. The first-order valence-corrected chi connectivity index (χ1v) is 38.3. The Kier molecular flexibility index (Phi) is 25.7. The minimum absolute atomic E-state index is 0.134. The summed E-state index contributed by atoms with van der Waals surface area (Å²) < 4.78 is 2.50. The Morgan fingerprint density at radius 3 is 1.19 bits per heavy atom. The molecule has 0 aliphatic carbocycles. The minimum atomic E-state index is 0.134. The van der Waals surface area contributed by atoms with Crippen molar-refractivity contribution in [1.82, 2.24) is 4.98 Å². The molecule has 9 rings (SSSR count). The number of unbranched alkanes of at least 4 members (excludes halogenated alkanes) is 20. The largest absolute Gasteiger partial charge is 0.263 e. The van der Waals surface area contributed by atoms with Crippen LogP contribution in [0.5, 0.6) is 0 Å². The second-order valence-electron chi connectivity index (χ2n) is 22.8. The maximum atomic E-state index is 9.63. The number of benzene rings is 1. The van der Waals surface area contributed by atoms with E-state index in [1.165, 1.54) is 232 Å². The molecule has 0 radical (unpaired) electrons. The first-order valence-electron chi connectivity index (χ1n) is 31.8. The van der Waals surface area contributed by atoms with Crippen molar-refractivity contribution in [2.75, 3.05) is 0 Å². The lowest BCUT2D eigenvalue weighted by atomic mass is 10.0. The van der Waals surface area contributed by atoms with Crippen LogP contribution >= 0.6 is 90.7 Å². The summed E-state index contributed by atoms with van der Waals surface area (Å²) in [4.78, 5) is 28.7. The first-order chi connectivity index (χ1) is 42.3. The van der Waals surface area contributed by atoms with Gasteiger partial charge in [0, 0.05) is 63.2 Å². The topological polar surface area (TPSA) is 69.2 Å². The molecule has 0 spiro atoms. The van der Waals surface area contributed by atoms with Crippen LogP contribution in [-0.2, 0) is 25.7 Å². The standard InChI is InChI=1S/C73H81N5S8/c1-7-11-15-19-23-27-31-50-39-57(45-55(48-74)76-5)79-69(50)60-35-37-62(81-60)71-52(33-29-25-21-17-13-9-3)41-67(84-71)66-44-54-43-65-59(47-64(54)83-66)78-73(86-65)68-42-53(34-30-26-22-18-14-10-4)72(85-68)63-38-36-61(82-63)70-51(32-28-24-20-16-12-8-2)40-58(80-70)46-56(49-75)77-6/h35-47H,7-34H2,1-4H3/b55-45-,56-46+. The maximum absolute atomic E-state index is 9.63. The maximum Gasteiger partial charge on any atom is 0.263 e. The molecule has 0 aliphatic rings. The van der Waals surface area contributed by atoms with E-state index in [0.29, 0.717) is 0 Å². The van der Waals surface area contributed by atoms with E-state index in [1.807, 2.05) is 68.0 Å². The summed E-state index contributed by atoms with van der Waals surface area (Å²) in [6.45, 7) is 24.2. The number of nitriles is 2. The third-order valence-corrected chi connectivity index (χ3v) is 26.1. The molecular formula is C73H81N5S8. The van der Waals surface area contributed by atoms with Crippen molar-refractivity contribution in [2.45, 2.75) is 207 Å². The zero-order valence-corrected chi connectivity index (χ0v) is 57.3. The number of allylic oxidation sites excluding steroid dienone is 2. The van der Waals surface area contributed by atoms with Gasteiger partial charge in [-0.25, -0.2) is 25.2 Å². The van der Waals surface area contributed by atoms with Gasteiger partial charge in [-0.15, -0.1) is 90.7 Å². The van der Waals surface area contributed by atoms with Crippen LogP contribution < -0.4 is 0 Å². The lowest BCUT2D eigenvalue weighted by molar-refractivity contribution is 0.608. The molecule has 8 heterocycles. The summed E-state index contributed by atoms with van der Waals surface area (Å²) in [5, 5.41) is 21.6. The number of hydrogen-bond acceptors (Lipinski definition) is 11. The van der Waals surface area contributed by atoms with Crippen molar-refractivity contribution in [3.8, 4) is 70.8 Å². The van der Waals surface area contributed by atoms with Crippen LogP contribution in [0.25, 0.3) is 101 Å². The van der Waals surface area contributed by atoms with Gasteiger partial charge in [-0.3, -0.25) is 0 Å². The fourth-order valence-electron chi connectivity index (χ4n) is 11.4. The van der Waals surface area contributed by atoms with Crippen molar-refractivity contribution < 1.29 is 0 Å². The Morgan fingerprint density at radius 2 is 0.767 bits per heavy atom. The zero-order chi connectivity index (χ0) is 60.0. The molecule has 8 aromatic heterocycles. The molecule has 0 aliphatic heterocycles. The monoisotopic (exact) mass is 1280 g/mol. The van der Waals surface area contributed by atoms with Crippen molar-refractivity contribution in [3.05, 3.63) is 133 Å². The SMILES string of the molecule is [C-]#[N+]/C(C#N)=C\c1cc(CCCCCCCC)c(-c2ccc(-c3sc(-c4cc5cc6sc(-c7cc(CCCCCCCC)c(-c8ccc(-c9sc(/C=C(\C#N)[N+]#[C-])cc9CCCCCCCC)s8)s7)nc6cc5s4)cc3CCCCCCCC)s2)s1. The molecule has 0 saturated heterocycles. The highest BCUT2D eigenvalue weighted by Crippen LogP contribution is 2.50. The van der Waals surface area contributed by atoms with E-state index >= 15 is 0 Å². The number of thiazole rings is 1. The lowest BCUT2D eigenvalue weighted by Crippen LogP contribution is -1.86. The van der Waals surface area contributed by atoms with Gasteiger partial charge < -0.3 is 0 Å². The van der Waals surface area contributed by atoms with Gasteiger partial charge in [0.15, 0.2) is 0 Å². The molecule has 0 amide bonds. The Balaban J connectivity index is 0.995. The molecule has 0 fully saturated rings. The Labute approximate surface area is 545 Å². The lowest BCUT2D eigenvalue weighted by Gasteiger charge is -2.04. The summed E-state index contributed by atoms with van der Waals surface area (Å²) in [5.41, 5.74) is 6.88. The highest BCUT2D eigenvalue weighted by atomic mass is 32.1. The summed E-state index contributed by atoms with van der Waals surface area (Å²) in [5.74, 6) is 0. The van der Waals surface area contributed by atoms with Crippen LogP contribution in [0.3, 0.4) is 0 Å². The van der Waals surface area contributed by atoms with Gasteiger partial charge in [-0.2, -0.15) is 0 Å². The van der Waals surface area contributed by atoms with Gasteiger partial charge in [0.2, 0.25) is 0 Å². The number of thiophene rings is 7. The zero-order valence-electron chi connectivity index (χ0n) is 50.8. The molecule has 1 aromatic carbocycles. The minimum Gasteiger partial charge on any atom is -0.235 e. The van der Waals surface area contributed by atoms with E-state index in [9.17, 15) is 10.5 Å². The van der Waals surface area contributed by atoms with Crippen LogP contribution in [0.15, 0.2) is 78.1 Å². The second-order valence-corrected chi connectivity index (χ2v) is 31.4.